The molecule has 2 rings (SSSR count). The fourth-order valence-electron chi connectivity index (χ4n) is 2.20. The minimum Gasteiger partial charge on any atom is -0.381 e. The number of rotatable bonds is 2. The molecule has 0 saturated carbocycles. The zero-order chi connectivity index (χ0) is 10.8. The Labute approximate surface area is 90.4 Å². The molecule has 1 saturated heterocycles. The molecule has 1 aromatic heterocycles. The first kappa shape index (κ1) is 10.6. The third-order valence-corrected chi connectivity index (χ3v) is 3.30. The fourth-order valence-corrected chi connectivity index (χ4v) is 2.20. The summed E-state index contributed by atoms with van der Waals surface area (Å²) in [5, 5.41) is 0. The van der Waals surface area contributed by atoms with E-state index in [2.05, 4.69) is 16.5 Å². The predicted molar refractivity (Wildman–Crippen MR) is 58.6 cm³/mol. The Morgan fingerprint density at radius 2 is 2.13 bits per heavy atom. The average Bonchev–Trinajstić information content (AvgIpc) is 2.57. The van der Waals surface area contributed by atoms with Crippen LogP contribution in [0.25, 0.3) is 0 Å². The monoisotopic (exact) mass is 209 g/mol. The van der Waals surface area contributed by atoms with E-state index in [1.165, 1.54) is 11.4 Å². The molecule has 0 atom stereocenters. The van der Waals surface area contributed by atoms with Crippen LogP contribution in [0.2, 0.25) is 0 Å². The Balaban J connectivity index is 2.26. The highest BCUT2D eigenvalue weighted by Crippen LogP contribution is 2.28. The van der Waals surface area contributed by atoms with Crippen LogP contribution >= 0.6 is 0 Å². The minimum absolute atomic E-state index is 0.514. The first-order valence-corrected chi connectivity index (χ1v) is 5.54. The molecule has 0 unspecified atom stereocenters. The second-order valence-corrected chi connectivity index (χ2v) is 4.15. The Morgan fingerprint density at radius 1 is 1.47 bits per heavy atom. The molecule has 4 nitrogen and oxygen atoms in total. The van der Waals surface area contributed by atoms with E-state index in [4.69, 9.17) is 10.5 Å². The van der Waals surface area contributed by atoms with Crippen molar-refractivity contribution in [1.29, 1.82) is 0 Å². The van der Waals surface area contributed by atoms with Crippen molar-refractivity contribution in [2.45, 2.75) is 32.2 Å². The Morgan fingerprint density at radius 3 is 2.67 bits per heavy atom. The van der Waals surface area contributed by atoms with Crippen LogP contribution in [-0.4, -0.2) is 22.8 Å². The van der Waals surface area contributed by atoms with Gasteiger partial charge in [0.25, 0.3) is 0 Å². The number of nitrogens with two attached hydrogens (primary N) is 1. The van der Waals surface area contributed by atoms with Crippen LogP contribution < -0.4 is 5.73 Å². The molecule has 0 aliphatic carbocycles. The highest BCUT2D eigenvalue weighted by Gasteiger charge is 2.22. The van der Waals surface area contributed by atoms with E-state index >= 15 is 0 Å². The number of hydrogen-bond acceptors (Lipinski definition) is 3. The van der Waals surface area contributed by atoms with Crippen LogP contribution in [0.5, 0.6) is 0 Å². The summed E-state index contributed by atoms with van der Waals surface area (Å²) < 4.78 is 7.47. The van der Waals surface area contributed by atoms with Gasteiger partial charge in [0, 0.05) is 31.9 Å². The van der Waals surface area contributed by atoms with Crippen LogP contribution in [0, 0.1) is 6.92 Å². The summed E-state index contributed by atoms with van der Waals surface area (Å²) in [4.78, 5) is 4.63. The number of nitrogens with zero attached hydrogens (tertiary/aromatic N) is 2. The zero-order valence-electron chi connectivity index (χ0n) is 9.49. The molecule has 0 radical (unpaired) electrons. The highest BCUT2D eigenvalue weighted by atomic mass is 16.5. The van der Waals surface area contributed by atoms with Crippen molar-refractivity contribution >= 4 is 0 Å². The lowest BCUT2D eigenvalue weighted by molar-refractivity contribution is 0.0844. The number of hydrogen-bond donors (Lipinski definition) is 1. The van der Waals surface area contributed by atoms with Crippen LogP contribution in [0.3, 0.4) is 0 Å². The minimum atomic E-state index is 0.514. The largest absolute Gasteiger partial charge is 0.381 e. The molecule has 2 heterocycles. The lowest BCUT2D eigenvalue weighted by Crippen LogP contribution is -2.15. The molecule has 1 fully saturated rings. The lowest BCUT2D eigenvalue weighted by atomic mass is 9.95. The molecule has 84 valence electrons. The topological polar surface area (TPSA) is 53.1 Å². The summed E-state index contributed by atoms with van der Waals surface area (Å²) in [6, 6.07) is 0. The number of imidazole rings is 1. The molecule has 0 bridgehead atoms. The third-order valence-electron chi connectivity index (χ3n) is 3.30. The summed E-state index contributed by atoms with van der Waals surface area (Å²) in [6.07, 6.45) is 2.17. The van der Waals surface area contributed by atoms with Gasteiger partial charge in [-0.25, -0.2) is 4.98 Å². The Bertz CT molecular complexity index is 340. The SMILES string of the molecule is Cc1c(C2CCOCC2)nc(CN)n1C. The van der Waals surface area contributed by atoms with Gasteiger partial charge in [-0.15, -0.1) is 0 Å². The molecule has 0 amide bonds. The van der Waals surface area contributed by atoms with E-state index in [1.54, 1.807) is 0 Å². The maximum absolute atomic E-state index is 5.65. The van der Waals surface area contributed by atoms with Gasteiger partial charge in [-0.05, 0) is 19.8 Å². The molecule has 4 heteroatoms. The van der Waals surface area contributed by atoms with Crippen molar-refractivity contribution in [2.75, 3.05) is 13.2 Å². The molecule has 0 aromatic carbocycles. The smallest absolute Gasteiger partial charge is 0.122 e. The summed E-state index contributed by atoms with van der Waals surface area (Å²) in [5.74, 6) is 1.54. The summed E-state index contributed by atoms with van der Waals surface area (Å²) in [7, 11) is 2.04. The van der Waals surface area contributed by atoms with Gasteiger partial charge >= 0.3 is 0 Å². The van der Waals surface area contributed by atoms with Gasteiger partial charge in [0.05, 0.1) is 12.2 Å². The van der Waals surface area contributed by atoms with Crippen molar-refractivity contribution in [1.82, 2.24) is 9.55 Å². The Kier molecular flexibility index (Phi) is 3.07. The molecular weight excluding hydrogens is 190 g/mol. The van der Waals surface area contributed by atoms with Crippen LogP contribution in [0.15, 0.2) is 0 Å². The van der Waals surface area contributed by atoms with Crippen molar-refractivity contribution in [3.63, 3.8) is 0 Å². The summed E-state index contributed by atoms with van der Waals surface area (Å²) >= 11 is 0. The van der Waals surface area contributed by atoms with Gasteiger partial charge in [0.15, 0.2) is 0 Å². The average molecular weight is 209 g/mol. The van der Waals surface area contributed by atoms with Crippen molar-refractivity contribution < 1.29 is 4.74 Å². The highest BCUT2D eigenvalue weighted by molar-refractivity contribution is 5.20. The van der Waals surface area contributed by atoms with E-state index in [1.807, 2.05) is 7.05 Å². The molecule has 2 N–H and O–H groups in total. The van der Waals surface area contributed by atoms with Gasteiger partial charge in [0.2, 0.25) is 0 Å². The van der Waals surface area contributed by atoms with Crippen LogP contribution in [0.1, 0.15) is 36.0 Å². The summed E-state index contributed by atoms with van der Waals surface area (Å²) in [6.45, 7) is 4.36. The van der Waals surface area contributed by atoms with E-state index in [0.717, 1.165) is 31.9 Å². The number of ether oxygens (including phenoxy) is 1. The first-order valence-electron chi connectivity index (χ1n) is 5.54. The van der Waals surface area contributed by atoms with Crippen molar-refractivity contribution in [2.24, 2.45) is 12.8 Å². The zero-order valence-corrected chi connectivity index (χ0v) is 9.49. The predicted octanol–water partition coefficient (Wildman–Crippen LogP) is 1.08. The molecule has 1 aliphatic rings. The van der Waals surface area contributed by atoms with Gasteiger partial charge in [-0.1, -0.05) is 0 Å². The maximum atomic E-state index is 5.65. The number of aromatic nitrogens is 2. The molecule has 1 aromatic rings. The first-order chi connectivity index (χ1) is 7.24. The summed E-state index contributed by atoms with van der Waals surface area (Å²) in [5.41, 5.74) is 8.13. The third kappa shape index (κ3) is 1.92. The van der Waals surface area contributed by atoms with Crippen LogP contribution in [-0.2, 0) is 18.3 Å². The fraction of sp³-hybridized carbons (Fsp3) is 0.727. The van der Waals surface area contributed by atoms with Gasteiger partial charge in [-0.2, -0.15) is 0 Å². The second-order valence-electron chi connectivity index (χ2n) is 4.15. The van der Waals surface area contributed by atoms with Crippen molar-refractivity contribution in [3.05, 3.63) is 17.2 Å². The normalized spacial score (nSPS) is 18.3. The molecule has 15 heavy (non-hydrogen) atoms. The van der Waals surface area contributed by atoms with E-state index in [0.29, 0.717) is 12.5 Å². The quantitative estimate of drug-likeness (QED) is 0.793. The lowest BCUT2D eigenvalue weighted by Gasteiger charge is -2.21. The maximum Gasteiger partial charge on any atom is 0.122 e. The molecule has 0 spiro atoms. The van der Waals surface area contributed by atoms with Gasteiger partial charge in [-0.3, -0.25) is 0 Å². The molecular formula is C11H19N3O. The van der Waals surface area contributed by atoms with Gasteiger partial charge < -0.3 is 15.0 Å². The Hall–Kier alpha value is -0.870. The standard InChI is InChI=1S/C11H19N3O/c1-8-11(9-3-5-15-6-4-9)13-10(7-12)14(8)2/h9H,3-7,12H2,1-2H3. The van der Waals surface area contributed by atoms with Crippen LogP contribution in [0.4, 0.5) is 0 Å². The second kappa shape index (κ2) is 4.33. The van der Waals surface area contributed by atoms with Gasteiger partial charge in [0.1, 0.15) is 5.82 Å². The van der Waals surface area contributed by atoms with E-state index in [9.17, 15) is 0 Å². The molecule has 1 aliphatic heterocycles. The van der Waals surface area contributed by atoms with E-state index < -0.39 is 0 Å². The van der Waals surface area contributed by atoms with Crippen molar-refractivity contribution in [3.8, 4) is 0 Å². The van der Waals surface area contributed by atoms with E-state index in [-0.39, 0.29) is 0 Å².